The number of aryl methyl sites for hydroxylation is 1. The molecule has 0 saturated carbocycles. The van der Waals surface area contributed by atoms with Gasteiger partial charge in [-0.25, -0.2) is 9.67 Å². The van der Waals surface area contributed by atoms with Gasteiger partial charge in [0.25, 0.3) is 0 Å². The first kappa shape index (κ1) is 13.1. The second-order valence-electron chi connectivity index (χ2n) is 4.05. The van der Waals surface area contributed by atoms with Crippen molar-refractivity contribution < 1.29 is 0 Å². The second-order valence-corrected chi connectivity index (χ2v) is 4.31. The van der Waals surface area contributed by atoms with Gasteiger partial charge in [0.15, 0.2) is 0 Å². The SMILES string of the molecule is CCn1ncnc1CNCc1ccc(CCl)cc1. The van der Waals surface area contributed by atoms with Crippen LogP contribution in [0.5, 0.6) is 0 Å². The Hall–Kier alpha value is -1.39. The summed E-state index contributed by atoms with van der Waals surface area (Å²) in [6.07, 6.45) is 1.59. The topological polar surface area (TPSA) is 42.7 Å². The highest BCUT2D eigenvalue weighted by molar-refractivity contribution is 6.17. The van der Waals surface area contributed by atoms with Crippen LogP contribution in [0.3, 0.4) is 0 Å². The van der Waals surface area contributed by atoms with Crippen LogP contribution in [0.25, 0.3) is 0 Å². The summed E-state index contributed by atoms with van der Waals surface area (Å²) in [5, 5.41) is 7.49. The van der Waals surface area contributed by atoms with Crippen LogP contribution in [0.4, 0.5) is 0 Å². The predicted octanol–water partition coefficient (Wildman–Crippen LogP) is 2.33. The molecule has 2 aromatic rings. The van der Waals surface area contributed by atoms with Crippen molar-refractivity contribution in [3.63, 3.8) is 0 Å². The zero-order chi connectivity index (χ0) is 12.8. The average molecular weight is 265 g/mol. The monoisotopic (exact) mass is 264 g/mol. The van der Waals surface area contributed by atoms with Crippen LogP contribution in [0, 0.1) is 0 Å². The van der Waals surface area contributed by atoms with Gasteiger partial charge in [-0.15, -0.1) is 11.6 Å². The molecule has 0 atom stereocenters. The van der Waals surface area contributed by atoms with Crippen molar-refractivity contribution >= 4 is 11.6 Å². The summed E-state index contributed by atoms with van der Waals surface area (Å²) in [4.78, 5) is 4.22. The fourth-order valence-corrected chi connectivity index (χ4v) is 1.93. The molecule has 0 bridgehead atoms. The largest absolute Gasteiger partial charge is 0.306 e. The standard InChI is InChI=1S/C13H17ClN4/c1-2-18-13(16-10-17-18)9-15-8-12-5-3-11(7-14)4-6-12/h3-6,10,15H,2,7-9H2,1H3. The van der Waals surface area contributed by atoms with Crippen molar-refractivity contribution in [3.8, 4) is 0 Å². The van der Waals surface area contributed by atoms with Gasteiger partial charge in [-0.2, -0.15) is 5.10 Å². The van der Waals surface area contributed by atoms with Gasteiger partial charge in [-0.1, -0.05) is 24.3 Å². The summed E-state index contributed by atoms with van der Waals surface area (Å²) in [6, 6.07) is 8.29. The van der Waals surface area contributed by atoms with Gasteiger partial charge in [0, 0.05) is 19.0 Å². The van der Waals surface area contributed by atoms with Gasteiger partial charge < -0.3 is 5.32 Å². The Balaban J connectivity index is 1.84. The van der Waals surface area contributed by atoms with Gasteiger partial charge in [0.2, 0.25) is 0 Å². The van der Waals surface area contributed by atoms with E-state index in [1.165, 1.54) is 5.56 Å². The molecule has 0 aliphatic heterocycles. The van der Waals surface area contributed by atoms with Crippen LogP contribution in [0.1, 0.15) is 23.9 Å². The molecule has 18 heavy (non-hydrogen) atoms. The Kier molecular flexibility index (Phi) is 4.73. The molecule has 0 radical (unpaired) electrons. The van der Waals surface area contributed by atoms with Gasteiger partial charge in [-0.05, 0) is 18.1 Å². The molecule has 4 nitrogen and oxygen atoms in total. The number of nitrogens with zero attached hydrogens (tertiary/aromatic N) is 3. The second kappa shape index (κ2) is 6.52. The van der Waals surface area contributed by atoms with Crippen molar-refractivity contribution in [2.75, 3.05) is 0 Å². The van der Waals surface area contributed by atoms with Gasteiger partial charge in [-0.3, -0.25) is 0 Å². The average Bonchev–Trinajstić information content (AvgIpc) is 2.87. The molecule has 1 aromatic carbocycles. The van der Waals surface area contributed by atoms with E-state index in [1.807, 2.05) is 4.68 Å². The first-order valence-corrected chi connectivity index (χ1v) is 6.58. The summed E-state index contributed by atoms with van der Waals surface area (Å²) >= 11 is 5.75. The molecule has 1 N–H and O–H groups in total. The lowest BCUT2D eigenvalue weighted by atomic mass is 10.1. The summed E-state index contributed by atoms with van der Waals surface area (Å²) in [6.45, 7) is 4.45. The highest BCUT2D eigenvalue weighted by Gasteiger charge is 2.01. The minimum atomic E-state index is 0.563. The maximum atomic E-state index is 5.75. The molecule has 1 heterocycles. The third-order valence-electron chi connectivity index (χ3n) is 2.78. The van der Waals surface area contributed by atoms with Crippen molar-refractivity contribution in [1.82, 2.24) is 20.1 Å². The smallest absolute Gasteiger partial charge is 0.140 e. The minimum Gasteiger partial charge on any atom is -0.306 e. The molecule has 1 aromatic heterocycles. The van der Waals surface area contributed by atoms with E-state index in [1.54, 1.807) is 6.33 Å². The normalized spacial score (nSPS) is 10.8. The van der Waals surface area contributed by atoms with Crippen molar-refractivity contribution in [2.45, 2.75) is 32.4 Å². The molecule has 0 aliphatic carbocycles. The Morgan fingerprint density at radius 2 is 1.89 bits per heavy atom. The summed E-state index contributed by atoms with van der Waals surface area (Å²) in [5.74, 6) is 1.53. The summed E-state index contributed by atoms with van der Waals surface area (Å²) < 4.78 is 1.89. The molecular formula is C13H17ClN4. The quantitative estimate of drug-likeness (QED) is 0.815. The van der Waals surface area contributed by atoms with Crippen molar-refractivity contribution in [1.29, 1.82) is 0 Å². The van der Waals surface area contributed by atoms with Crippen LogP contribution in [-0.4, -0.2) is 14.8 Å². The fraction of sp³-hybridized carbons (Fsp3) is 0.385. The Bertz CT molecular complexity index is 478. The number of rotatable bonds is 6. The highest BCUT2D eigenvalue weighted by atomic mass is 35.5. The molecule has 0 spiro atoms. The molecule has 0 fully saturated rings. The molecule has 96 valence electrons. The minimum absolute atomic E-state index is 0.563. The number of alkyl halides is 1. The summed E-state index contributed by atoms with van der Waals surface area (Å²) in [7, 11) is 0. The molecular weight excluding hydrogens is 248 g/mol. The van der Waals surface area contributed by atoms with E-state index >= 15 is 0 Å². The lowest BCUT2D eigenvalue weighted by molar-refractivity contribution is 0.572. The third kappa shape index (κ3) is 3.31. The lowest BCUT2D eigenvalue weighted by Crippen LogP contribution is -2.17. The van der Waals surface area contributed by atoms with E-state index < -0.39 is 0 Å². The maximum Gasteiger partial charge on any atom is 0.140 e. The number of nitrogens with one attached hydrogen (secondary N) is 1. The van der Waals surface area contributed by atoms with E-state index in [0.29, 0.717) is 5.88 Å². The number of halogens is 1. The number of benzene rings is 1. The number of hydrogen-bond acceptors (Lipinski definition) is 3. The van der Waals surface area contributed by atoms with E-state index in [2.05, 4.69) is 46.6 Å². The van der Waals surface area contributed by atoms with Crippen molar-refractivity contribution in [3.05, 3.63) is 47.5 Å². The van der Waals surface area contributed by atoms with E-state index in [9.17, 15) is 0 Å². The van der Waals surface area contributed by atoms with E-state index in [4.69, 9.17) is 11.6 Å². The zero-order valence-corrected chi connectivity index (χ0v) is 11.2. The number of hydrogen-bond donors (Lipinski definition) is 1. The van der Waals surface area contributed by atoms with Crippen LogP contribution in [0.2, 0.25) is 0 Å². The van der Waals surface area contributed by atoms with Gasteiger partial charge in [0.05, 0.1) is 6.54 Å². The fourth-order valence-electron chi connectivity index (χ4n) is 1.75. The molecule has 2 rings (SSSR count). The van der Waals surface area contributed by atoms with Crippen LogP contribution in [0.15, 0.2) is 30.6 Å². The number of aromatic nitrogens is 3. The highest BCUT2D eigenvalue weighted by Crippen LogP contribution is 2.06. The first-order chi connectivity index (χ1) is 8.83. The Morgan fingerprint density at radius 1 is 1.17 bits per heavy atom. The van der Waals surface area contributed by atoms with Crippen LogP contribution < -0.4 is 5.32 Å². The first-order valence-electron chi connectivity index (χ1n) is 6.04. The molecule has 0 aliphatic rings. The van der Waals surface area contributed by atoms with Crippen LogP contribution in [-0.2, 0) is 25.5 Å². The van der Waals surface area contributed by atoms with E-state index in [-0.39, 0.29) is 0 Å². The maximum absolute atomic E-state index is 5.75. The molecule has 0 saturated heterocycles. The van der Waals surface area contributed by atoms with Crippen molar-refractivity contribution in [2.24, 2.45) is 0 Å². The molecule has 5 heteroatoms. The van der Waals surface area contributed by atoms with Gasteiger partial charge in [0.1, 0.15) is 12.2 Å². The van der Waals surface area contributed by atoms with Gasteiger partial charge >= 0.3 is 0 Å². The lowest BCUT2D eigenvalue weighted by Gasteiger charge is -2.06. The molecule has 0 amide bonds. The molecule has 0 unspecified atom stereocenters. The Labute approximate surface area is 112 Å². The van der Waals surface area contributed by atoms with E-state index in [0.717, 1.165) is 31.0 Å². The zero-order valence-electron chi connectivity index (χ0n) is 10.4. The predicted molar refractivity (Wildman–Crippen MR) is 72.2 cm³/mol. The summed E-state index contributed by atoms with van der Waals surface area (Å²) in [5.41, 5.74) is 2.39. The third-order valence-corrected chi connectivity index (χ3v) is 3.09. The van der Waals surface area contributed by atoms with Crippen LogP contribution >= 0.6 is 11.6 Å². The Morgan fingerprint density at radius 3 is 2.56 bits per heavy atom.